The van der Waals surface area contributed by atoms with Crippen LogP contribution < -0.4 is 16.2 Å². The highest BCUT2D eigenvalue weighted by molar-refractivity contribution is 7.98. The number of fused-ring (bicyclic) bond motifs is 1. The van der Waals surface area contributed by atoms with E-state index < -0.39 is 0 Å². The molecule has 0 spiro atoms. The molecule has 0 radical (unpaired) electrons. The highest BCUT2D eigenvalue weighted by atomic mass is 32.2. The predicted molar refractivity (Wildman–Crippen MR) is 114 cm³/mol. The first-order valence-electron chi connectivity index (χ1n) is 8.98. The van der Waals surface area contributed by atoms with Gasteiger partial charge in [0.1, 0.15) is 11.3 Å². The van der Waals surface area contributed by atoms with E-state index >= 15 is 0 Å². The lowest BCUT2D eigenvalue weighted by molar-refractivity contribution is 0.415. The molecule has 2 aromatic heterocycles. The van der Waals surface area contributed by atoms with Crippen molar-refractivity contribution in [1.29, 1.82) is 0 Å². The second kappa shape index (κ2) is 7.63. The van der Waals surface area contributed by atoms with Crippen LogP contribution in [0.5, 0.6) is 5.75 Å². The smallest absolute Gasteiger partial charge is 0.336 e. The van der Waals surface area contributed by atoms with Crippen LogP contribution in [0, 0.1) is 13.8 Å². The van der Waals surface area contributed by atoms with Crippen molar-refractivity contribution in [2.45, 2.75) is 24.8 Å². The average molecular weight is 408 g/mol. The number of aryl methyl sites for hydroxylation is 2. The van der Waals surface area contributed by atoms with Crippen LogP contribution >= 0.6 is 11.8 Å². The molecular formula is C21H20N4O3S. The number of ether oxygens (including phenoxy) is 1. The molecule has 0 aliphatic carbocycles. The molecule has 0 atom stereocenters. The molecule has 0 fully saturated rings. The number of thioether (sulfide) groups is 1. The highest BCUT2D eigenvalue weighted by Crippen LogP contribution is 2.29. The van der Waals surface area contributed by atoms with Crippen LogP contribution in [0.4, 0.5) is 0 Å². The summed E-state index contributed by atoms with van der Waals surface area (Å²) in [5.74, 6) is 8.04. The van der Waals surface area contributed by atoms with E-state index in [1.165, 1.54) is 22.5 Å². The van der Waals surface area contributed by atoms with Crippen molar-refractivity contribution < 1.29 is 9.15 Å². The van der Waals surface area contributed by atoms with E-state index in [-0.39, 0.29) is 5.63 Å². The van der Waals surface area contributed by atoms with Crippen molar-refractivity contribution in [3.05, 3.63) is 69.6 Å². The minimum atomic E-state index is -0.366. The summed E-state index contributed by atoms with van der Waals surface area (Å²) >= 11 is 1.42. The Morgan fingerprint density at radius 2 is 1.90 bits per heavy atom. The van der Waals surface area contributed by atoms with Crippen molar-refractivity contribution in [2.75, 3.05) is 13.0 Å². The summed E-state index contributed by atoms with van der Waals surface area (Å²) in [5.41, 5.74) is 4.02. The van der Waals surface area contributed by atoms with E-state index in [2.05, 4.69) is 10.2 Å². The van der Waals surface area contributed by atoms with E-state index in [0.717, 1.165) is 33.4 Å². The normalized spacial score (nSPS) is 11.1. The van der Waals surface area contributed by atoms with Crippen LogP contribution in [-0.4, -0.2) is 22.0 Å². The van der Waals surface area contributed by atoms with E-state index in [4.69, 9.17) is 15.0 Å². The van der Waals surface area contributed by atoms with Gasteiger partial charge in [-0.15, -0.1) is 10.2 Å². The molecule has 2 aromatic carbocycles. The number of nitrogens with two attached hydrogens (primary N) is 1. The Labute approximate surface area is 171 Å². The number of benzene rings is 2. The van der Waals surface area contributed by atoms with Crippen LogP contribution in [0.3, 0.4) is 0 Å². The van der Waals surface area contributed by atoms with Gasteiger partial charge in [-0.25, -0.2) is 9.47 Å². The van der Waals surface area contributed by atoms with Gasteiger partial charge in [-0.2, -0.15) is 0 Å². The lowest BCUT2D eigenvalue weighted by Gasteiger charge is -2.09. The van der Waals surface area contributed by atoms with Gasteiger partial charge in [-0.3, -0.25) is 0 Å². The van der Waals surface area contributed by atoms with Gasteiger partial charge in [0.05, 0.1) is 7.11 Å². The number of aromatic nitrogens is 3. The summed E-state index contributed by atoms with van der Waals surface area (Å²) in [6.45, 7) is 3.95. The number of nitrogen functional groups attached to an aromatic ring is 1. The summed E-state index contributed by atoms with van der Waals surface area (Å²) in [5, 5.41) is 9.88. The molecule has 0 bridgehead atoms. The zero-order chi connectivity index (χ0) is 20.5. The SMILES string of the molecule is COc1ccc(-c2nnc(SCc3cc(=O)oc4c(C)c(C)ccc34)n2N)cc1. The van der Waals surface area contributed by atoms with E-state index in [1.54, 1.807) is 7.11 Å². The maximum absolute atomic E-state index is 12.0. The fourth-order valence-corrected chi connectivity index (χ4v) is 3.95. The van der Waals surface area contributed by atoms with Gasteiger partial charge in [0.2, 0.25) is 5.16 Å². The van der Waals surface area contributed by atoms with Crippen LogP contribution in [-0.2, 0) is 5.75 Å². The molecule has 2 N–H and O–H groups in total. The number of methoxy groups -OCH3 is 1. The Balaban J connectivity index is 1.62. The Bertz CT molecular complexity index is 1250. The lowest BCUT2D eigenvalue weighted by atomic mass is 10.0. The molecule has 2 heterocycles. The first-order chi connectivity index (χ1) is 14.0. The van der Waals surface area contributed by atoms with Gasteiger partial charge in [0, 0.05) is 22.8 Å². The summed E-state index contributed by atoms with van der Waals surface area (Å²) in [7, 11) is 1.62. The maximum Gasteiger partial charge on any atom is 0.336 e. The third-order valence-electron chi connectivity index (χ3n) is 4.89. The monoisotopic (exact) mass is 408 g/mol. The predicted octanol–water partition coefficient (Wildman–Crippen LogP) is 3.68. The third kappa shape index (κ3) is 3.58. The minimum absolute atomic E-state index is 0.366. The fourth-order valence-electron chi connectivity index (χ4n) is 3.10. The molecule has 4 aromatic rings. The number of rotatable bonds is 5. The van der Waals surface area contributed by atoms with Gasteiger partial charge in [0.15, 0.2) is 5.82 Å². The van der Waals surface area contributed by atoms with E-state index in [0.29, 0.717) is 22.3 Å². The van der Waals surface area contributed by atoms with Crippen molar-refractivity contribution in [3.8, 4) is 17.1 Å². The van der Waals surface area contributed by atoms with Crippen LogP contribution in [0.15, 0.2) is 56.8 Å². The summed E-state index contributed by atoms with van der Waals surface area (Å²) in [6, 6.07) is 13.0. The fraction of sp³-hybridized carbons (Fsp3) is 0.190. The molecule has 0 saturated carbocycles. The summed E-state index contributed by atoms with van der Waals surface area (Å²) in [4.78, 5) is 12.0. The maximum atomic E-state index is 12.0. The molecule has 7 nitrogen and oxygen atoms in total. The zero-order valence-electron chi connectivity index (χ0n) is 16.3. The minimum Gasteiger partial charge on any atom is -0.497 e. The topological polar surface area (TPSA) is 96.2 Å². The molecule has 8 heteroatoms. The number of nitrogens with zero attached hydrogens (tertiary/aromatic N) is 3. The molecule has 148 valence electrons. The Kier molecular flexibility index (Phi) is 5.02. The Hall–Kier alpha value is -3.26. The number of hydrogen-bond acceptors (Lipinski definition) is 7. The zero-order valence-corrected chi connectivity index (χ0v) is 17.1. The molecule has 0 saturated heterocycles. The van der Waals surface area contributed by atoms with Crippen LogP contribution in [0.2, 0.25) is 0 Å². The molecule has 0 unspecified atom stereocenters. The summed E-state index contributed by atoms with van der Waals surface area (Å²) < 4.78 is 12.1. The van der Waals surface area contributed by atoms with Gasteiger partial charge < -0.3 is 15.0 Å². The van der Waals surface area contributed by atoms with Gasteiger partial charge in [0.25, 0.3) is 0 Å². The average Bonchev–Trinajstić information content (AvgIpc) is 3.09. The number of hydrogen-bond donors (Lipinski definition) is 1. The standard InChI is InChI=1S/C21H20N4O3S/c1-12-4-9-17-15(10-18(26)28-19(17)13(12)2)11-29-21-24-23-20(25(21)22)14-5-7-16(27-3)8-6-14/h4-10H,11,22H2,1-3H3. The van der Waals surface area contributed by atoms with E-state index in [9.17, 15) is 4.79 Å². The van der Waals surface area contributed by atoms with Crippen molar-refractivity contribution in [3.63, 3.8) is 0 Å². The lowest BCUT2D eigenvalue weighted by Crippen LogP contribution is -2.11. The molecule has 4 rings (SSSR count). The van der Waals surface area contributed by atoms with E-state index in [1.807, 2.05) is 50.2 Å². The Morgan fingerprint density at radius 3 is 2.62 bits per heavy atom. The van der Waals surface area contributed by atoms with Crippen LogP contribution in [0.1, 0.15) is 16.7 Å². The first kappa shape index (κ1) is 19.1. The molecule has 29 heavy (non-hydrogen) atoms. The van der Waals surface area contributed by atoms with Crippen LogP contribution in [0.25, 0.3) is 22.4 Å². The molecule has 0 aliphatic heterocycles. The molecular weight excluding hydrogens is 388 g/mol. The molecule has 0 aliphatic rings. The van der Waals surface area contributed by atoms with Gasteiger partial charge in [-0.1, -0.05) is 23.9 Å². The third-order valence-corrected chi connectivity index (χ3v) is 5.88. The summed E-state index contributed by atoms with van der Waals surface area (Å²) in [6.07, 6.45) is 0. The first-order valence-corrected chi connectivity index (χ1v) is 9.97. The van der Waals surface area contributed by atoms with Gasteiger partial charge >= 0.3 is 5.63 Å². The highest BCUT2D eigenvalue weighted by Gasteiger charge is 2.15. The Morgan fingerprint density at radius 1 is 1.14 bits per heavy atom. The van der Waals surface area contributed by atoms with Crippen molar-refractivity contribution in [2.24, 2.45) is 0 Å². The van der Waals surface area contributed by atoms with Gasteiger partial charge in [-0.05, 0) is 54.8 Å². The molecule has 0 amide bonds. The largest absolute Gasteiger partial charge is 0.497 e. The van der Waals surface area contributed by atoms with Crippen molar-refractivity contribution in [1.82, 2.24) is 14.9 Å². The second-order valence-corrected chi connectivity index (χ2v) is 7.61. The quantitative estimate of drug-likeness (QED) is 0.306. The second-order valence-electron chi connectivity index (χ2n) is 6.67. The van der Waals surface area contributed by atoms with Crippen molar-refractivity contribution >= 4 is 22.7 Å².